The van der Waals surface area contributed by atoms with Crippen molar-refractivity contribution >= 4 is 11.6 Å². The molecule has 0 fully saturated rings. The Morgan fingerprint density at radius 3 is 2.53 bits per heavy atom. The van der Waals surface area contributed by atoms with E-state index in [4.69, 9.17) is 11.6 Å². The average molecular weight is 229 g/mol. The molecule has 15 heavy (non-hydrogen) atoms. The largest absolute Gasteiger partial charge is 0.207 e. The van der Waals surface area contributed by atoms with E-state index in [1.807, 2.05) is 12.1 Å². The zero-order valence-corrected chi connectivity index (χ0v) is 10.1. The molecular formula is C13H18ClF. The lowest BCUT2D eigenvalue weighted by Crippen LogP contribution is -2.22. The van der Waals surface area contributed by atoms with Gasteiger partial charge in [0.05, 0.1) is 0 Å². The summed E-state index contributed by atoms with van der Waals surface area (Å²) < 4.78 is 13.5. The molecule has 1 aromatic carbocycles. The smallest absolute Gasteiger partial charge is 0.126 e. The number of alkyl halides is 1. The molecule has 0 radical (unpaired) electrons. The van der Waals surface area contributed by atoms with Gasteiger partial charge in [-0.15, -0.1) is 11.6 Å². The second-order valence-corrected chi connectivity index (χ2v) is 4.73. The van der Waals surface area contributed by atoms with E-state index in [0.717, 1.165) is 24.8 Å². The van der Waals surface area contributed by atoms with Crippen molar-refractivity contribution < 1.29 is 4.39 Å². The number of rotatable bonds is 5. The van der Waals surface area contributed by atoms with Crippen LogP contribution in [0.3, 0.4) is 0 Å². The standard InChI is InChI=1S/C13H18ClF/c1-3-8-13(2,10-14)9-11-6-4-5-7-12(11)15/h4-7H,3,8-10H2,1-2H3. The quantitative estimate of drug-likeness (QED) is 0.655. The Balaban J connectivity index is 2.79. The molecule has 0 aliphatic rings. The van der Waals surface area contributed by atoms with Gasteiger partial charge in [-0.1, -0.05) is 38.5 Å². The molecule has 84 valence electrons. The molecule has 1 rings (SSSR count). The van der Waals surface area contributed by atoms with Crippen LogP contribution in [0.25, 0.3) is 0 Å². The summed E-state index contributed by atoms with van der Waals surface area (Å²) in [7, 11) is 0. The number of halogens is 2. The van der Waals surface area contributed by atoms with E-state index in [1.54, 1.807) is 6.07 Å². The number of benzene rings is 1. The Hall–Kier alpha value is -0.560. The summed E-state index contributed by atoms with van der Waals surface area (Å²) in [4.78, 5) is 0. The molecular weight excluding hydrogens is 211 g/mol. The van der Waals surface area contributed by atoms with Crippen LogP contribution in [-0.2, 0) is 6.42 Å². The second-order valence-electron chi connectivity index (χ2n) is 4.46. The molecule has 0 spiro atoms. The Labute approximate surface area is 96.5 Å². The van der Waals surface area contributed by atoms with Crippen LogP contribution < -0.4 is 0 Å². The van der Waals surface area contributed by atoms with E-state index in [2.05, 4.69) is 13.8 Å². The van der Waals surface area contributed by atoms with Crippen LogP contribution >= 0.6 is 11.6 Å². The molecule has 0 aliphatic carbocycles. The summed E-state index contributed by atoms with van der Waals surface area (Å²) in [6.07, 6.45) is 2.83. The minimum atomic E-state index is -0.120. The molecule has 0 saturated carbocycles. The molecule has 2 heteroatoms. The van der Waals surface area contributed by atoms with Crippen LogP contribution in [-0.4, -0.2) is 5.88 Å². The molecule has 0 bridgehead atoms. The van der Waals surface area contributed by atoms with Gasteiger partial charge < -0.3 is 0 Å². The molecule has 1 aromatic rings. The third kappa shape index (κ3) is 3.49. The topological polar surface area (TPSA) is 0 Å². The van der Waals surface area contributed by atoms with Crippen LogP contribution in [0.4, 0.5) is 4.39 Å². The highest BCUT2D eigenvalue weighted by molar-refractivity contribution is 6.18. The van der Waals surface area contributed by atoms with Gasteiger partial charge in [-0.25, -0.2) is 4.39 Å². The Morgan fingerprint density at radius 2 is 2.00 bits per heavy atom. The van der Waals surface area contributed by atoms with E-state index in [1.165, 1.54) is 6.07 Å². The van der Waals surface area contributed by atoms with Crippen LogP contribution in [0.5, 0.6) is 0 Å². The average Bonchev–Trinajstić information content (AvgIpc) is 2.22. The lowest BCUT2D eigenvalue weighted by molar-refractivity contribution is 0.330. The Bertz CT molecular complexity index is 311. The summed E-state index contributed by atoms with van der Waals surface area (Å²) in [5.74, 6) is 0.458. The predicted molar refractivity (Wildman–Crippen MR) is 63.8 cm³/mol. The van der Waals surface area contributed by atoms with E-state index in [-0.39, 0.29) is 11.2 Å². The van der Waals surface area contributed by atoms with Crippen LogP contribution in [0.1, 0.15) is 32.3 Å². The first-order chi connectivity index (χ1) is 7.11. The molecule has 0 N–H and O–H groups in total. The summed E-state index contributed by atoms with van der Waals surface area (Å²) in [6, 6.07) is 6.95. The second kappa shape index (κ2) is 5.50. The third-order valence-electron chi connectivity index (χ3n) is 2.75. The van der Waals surface area contributed by atoms with Crippen LogP contribution in [0, 0.1) is 11.2 Å². The fourth-order valence-electron chi connectivity index (χ4n) is 1.91. The maximum atomic E-state index is 13.5. The van der Waals surface area contributed by atoms with Crippen molar-refractivity contribution in [3.05, 3.63) is 35.6 Å². The molecule has 0 nitrogen and oxygen atoms in total. The van der Waals surface area contributed by atoms with Crippen molar-refractivity contribution in [3.8, 4) is 0 Å². The lowest BCUT2D eigenvalue weighted by Gasteiger charge is -2.26. The molecule has 1 atom stereocenters. The van der Waals surface area contributed by atoms with E-state index in [0.29, 0.717) is 5.88 Å². The Kier molecular flexibility index (Phi) is 4.59. The summed E-state index contributed by atoms with van der Waals surface area (Å²) in [5.41, 5.74) is 0.785. The molecule has 0 aromatic heterocycles. The van der Waals surface area contributed by atoms with Gasteiger partial charge in [-0.05, 0) is 29.9 Å². The van der Waals surface area contributed by atoms with Gasteiger partial charge >= 0.3 is 0 Å². The zero-order valence-electron chi connectivity index (χ0n) is 9.39. The van der Waals surface area contributed by atoms with Crippen molar-refractivity contribution in [3.63, 3.8) is 0 Å². The summed E-state index contributed by atoms with van der Waals surface area (Å²) >= 11 is 5.97. The van der Waals surface area contributed by atoms with Crippen molar-refractivity contribution in [2.24, 2.45) is 5.41 Å². The van der Waals surface area contributed by atoms with Gasteiger partial charge in [0.15, 0.2) is 0 Å². The van der Waals surface area contributed by atoms with Gasteiger partial charge in [-0.3, -0.25) is 0 Å². The van der Waals surface area contributed by atoms with Crippen LogP contribution in [0.15, 0.2) is 24.3 Å². The SMILES string of the molecule is CCCC(C)(CCl)Cc1ccccc1F. The van der Waals surface area contributed by atoms with E-state index in [9.17, 15) is 4.39 Å². The van der Waals surface area contributed by atoms with Gasteiger partial charge in [0, 0.05) is 5.88 Å². The first-order valence-electron chi connectivity index (χ1n) is 5.40. The molecule has 1 unspecified atom stereocenters. The maximum absolute atomic E-state index is 13.5. The highest BCUT2D eigenvalue weighted by atomic mass is 35.5. The summed E-state index contributed by atoms with van der Waals surface area (Å²) in [6.45, 7) is 4.25. The first kappa shape index (κ1) is 12.5. The van der Waals surface area contributed by atoms with Crippen molar-refractivity contribution in [1.82, 2.24) is 0 Å². The van der Waals surface area contributed by atoms with Gasteiger partial charge in [0.2, 0.25) is 0 Å². The fourth-order valence-corrected chi connectivity index (χ4v) is 2.14. The van der Waals surface area contributed by atoms with E-state index >= 15 is 0 Å². The zero-order chi connectivity index (χ0) is 11.3. The van der Waals surface area contributed by atoms with Gasteiger partial charge in [0.25, 0.3) is 0 Å². The van der Waals surface area contributed by atoms with E-state index < -0.39 is 0 Å². The fraction of sp³-hybridized carbons (Fsp3) is 0.538. The predicted octanol–water partition coefficient (Wildman–Crippen LogP) is 4.41. The van der Waals surface area contributed by atoms with Gasteiger partial charge in [0.1, 0.15) is 5.82 Å². The van der Waals surface area contributed by atoms with Crippen molar-refractivity contribution in [2.75, 3.05) is 5.88 Å². The Morgan fingerprint density at radius 1 is 1.33 bits per heavy atom. The number of hydrogen-bond acceptors (Lipinski definition) is 0. The normalized spacial score (nSPS) is 14.9. The molecule has 0 heterocycles. The highest BCUT2D eigenvalue weighted by Gasteiger charge is 2.23. The first-order valence-corrected chi connectivity index (χ1v) is 5.94. The number of hydrogen-bond donors (Lipinski definition) is 0. The molecule has 0 aliphatic heterocycles. The van der Waals surface area contributed by atoms with Crippen LogP contribution in [0.2, 0.25) is 0 Å². The minimum Gasteiger partial charge on any atom is -0.207 e. The van der Waals surface area contributed by atoms with Gasteiger partial charge in [-0.2, -0.15) is 0 Å². The maximum Gasteiger partial charge on any atom is 0.126 e. The van der Waals surface area contributed by atoms with Crippen molar-refractivity contribution in [1.29, 1.82) is 0 Å². The lowest BCUT2D eigenvalue weighted by atomic mass is 9.81. The third-order valence-corrected chi connectivity index (χ3v) is 3.40. The minimum absolute atomic E-state index is 0.0124. The molecule has 0 amide bonds. The van der Waals surface area contributed by atoms with Crippen molar-refractivity contribution in [2.45, 2.75) is 33.1 Å². The highest BCUT2D eigenvalue weighted by Crippen LogP contribution is 2.30. The molecule has 0 saturated heterocycles. The summed E-state index contributed by atoms with van der Waals surface area (Å²) in [5, 5.41) is 0. The monoisotopic (exact) mass is 228 g/mol.